The van der Waals surface area contributed by atoms with Crippen LogP contribution in [-0.2, 0) is 4.79 Å². The van der Waals surface area contributed by atoms with Crippen molar-refractivity contribution < 1.29 is 9.53 Å². The molecule has 2 aliphatic rings. The van der Waals surface area contributed by atoms with Crippen molar-refractivity contribution in [2.24, 2.45) is 10.9 Å². The van der Waals surface area contributed by atoms with Crippen molar-refractivity contribution >= 4 is 28.9 Å². The standard InChI is InChI=1S/C26H26N4O2S/c1-18-11-13-29(14-12-18)26-27-25(31)23(33-26)16-20-17-30(21-8-4-3-5-9-21)28-24(20)19-7-6-10-22(15-19)32-2/h3-10,15-18H,11-14H2,1-2H3/b23-16-. The second-order valence-electron chi connectivity index (χ2n) is 8.42. The summed E-state index contributed by atoms with van der Waals surface area (Å²) in [6.07, 6.45) is 6.15. The summed E-state index contributed by atoms with van der Waals surface area (Å²) < 4.78 is 7.26. The Kier molecular flexibility index (Phi) is 6.05. The summed E-state index contributed by atoms with van der Waals surface area (Å²) in [6, 6.07) is 17.8. The molecular weight excluding hydrogens is 432 g/mol. The first-order chi connectivity index (χ1) is 16.1. The zero-order valence-electron chi connectivity index (χ0n) is 18.8. The molecule has 0 unspecified atom stereocenters. The van der Waals surface area contributed by atoms with Crippen LogP contribution in [-0.4, -0.2) is 46.0 Å². The average Bonchev–Trinajstić information content (AvgIpc) is 3.44. The second kappa shape index (κ2) is 9.27. The third-order valence-electron chi connectivity index (χ3n) is 6.06. The maximum Gasteiger partial charge on any atom is 0.286 e. The number of hydrogen-bond acceptors (Lipinski definition) is 5. The van der Waals surface area contributed by atoms with Crippen LogP contribution in [0.4, 0.5) is 0 Å². The Labute approximate surface area is 198 Å². The fourth-order valence-corrected chi connectivity index (χ4v) is 5.03. The largest absolute Gasteiger partial charge is 0.497 e. The molecule has 5 rings (SSSR count). The highest BCUT2D eigenvalue weighted by Crippen LogP contribution is 2.35. The Morgan fingerprint density at radius 1 is 1.09 bits per heavy atom. The molecule has 2 aromatic carbocycles. The minimum atomic E-state index is -0.183. The number of amides is 1. The summed E-state index contributed by atoms with van der Waals surface area (Å²) in [5.41, 5.74) is 3.54. The summed E-state index contributed by atoms with van der Waals surface area (Å²) in [6.45, 7) is 4.19. The maximum absolute atomic E-state index is 12.8. The van der Waals surface area contributed by atoms with Crippen molar-refractivity contribution in [2.75, 3.05) is 20.2 Å². The molecule has 1 saturated heterocycles. The first kappa shape index (κ1) is 21.5. The number of ether oxygens (including phenoxy) is 1. The van der Waals surface area contributed by atoms with Crippen molar-refractivity contribution in [2.45, 2.75) is 19.8 Å². The van der Waals surface area contributed by atoms with E-state index >= 15 is 0 Å². The van der Waals surface area contributed by atoms with Crippen LogP contribution in [0.2, 0.25) is 0 Å². The van der Waals surface area contributed by atoms with E-state index in [0.717, 1.165) is 65.3 Å². The number of aromatic nitrogens is 2. The first-order valence-corrected chi connectivity index (χ1v) is 12.0. The Morgan fingerprint density at radius 2 is 1.88 bits per heavy atom. The Hall–Kier alpha value is -3.32. The van der Waals surface area contributed by atoms with Crippen molar-refractivity contribution in [1.29, 1.82) is 0 Å². The number of carbonyl (C=O) groups is 1. The lowest BCUT2D eigenvalue weighted by atomic mass is 10.00. The molecule has 1 fully saturated rings. The molecule has 6 nitrogen and oxygen atoms in total. The average molecular weight is 459 g/mol. The molecule has 1 aromatic heterocycles. The van der Waals surface area contributed by atoms with Gasteiger partial charge in [-0.1, -0.05) is 37.3 Å². The molecule has 0 bridgehead atoms. The van der Waals surface area contributed by atoms with Gasteiger partial charge in [0.1, 0.15) is 11.4 Å². The number of para-hydroxylation sites is 1. The lowest BCUT2D eigenvalue weighted by Crippen LogP contribution is -2.35. The maximum atomic E-state index is 12.8. The van der Waals surface area contributed by atoms with Gasteiger partial charge in [0, 0.05) is 30.4 Å². The highest BCUT2D eigenvalue weighted by atomic mass is 32.2. The number of piperidine rings is 1. The molecule has 33 heavy (non-hydrogen) atoms. The third-order valence-corrected chi connectivity index (χ3v) is 7.10. The number of nitrogens with zero attached hydrogens (tertiary/aromatic N) is 4. The van der Waals surface area contributed by atoms with Gasteiger partial charge in [-0.25, -0.2) is 4.68 Å². The molecule has 0 radical (unpaired) electrons. The minimum Gasteiger partial charge on any atom is -0.497 e. The molecule has 1 amide bonds. The van der Waals surface area contributed by atoms with Crippen molar-refractivity contribution in [3.63, 3.8) is 0 Å². The molecule has 0 saturated carbocycles. The van der Waals surface area contributed by atoms with Gasteiger partial charge >= 0.3 is 0 Å². The highest BCUT2D eigenvalue weighted by Gasteiger charge is 2.28. The van der Waals surface area contributed by atoms with Crippen molar-refractivity contribution in [1.82, 2.24) is 14.7 Å². The van der Waals surface area contributed by atoms with Gasteiger partial charge in [-0.05, 0) is 60.9 Å². The number of likely N-dealkylation sites (tertiary alicyclic amines) is 1. The number of hydrogen-bond donors (Lipinski definition) is 0. The molecule has 0 N–H and O–H groups in total. The van der Waals surface area contributed by atoms with E-state index < -0.39 is 0 Å². The normalized spacial score (nSPS) is 18.1. The number of aliphatic imine (C=N–C) groups is 1. The van der Waals surface area contributed by atoms with Crippen LogP contribution >= 0.6 is 11.8 Å². The predicted molar refractivity (Wildman–Crippen MR) is 134 cm³/mol. The Bertz CT molecular complexity index is 1220. The van der Waals surface area contributed by atoms with Gasteiger partial charge in [0.2, 0.25) is 0 Å². The molecule has 3 aromatic rings. The summed E-state index contributed by atoms with van der Waals surface area (Å²) in [4.78, 5) is 20.0. The van der Waals surface area contributed by atoms with Crippen LogP contribution < -0.4 is 4.74 Å². The summed E-state index contributed by atoms with van der Waals surface area (Å²) in [7, 11) is 1.65. The van der Waals surface area contributed by atoms with E-state index in [0.29, 0.717) is 4.91 Å². The van der Waals surface area contributed by atoms with Crippen LogP contribution in [0.1, 0.15) is 25.3 Å². The Morgan fingerprint density at radius 3 is 2.64 bits per heavy atom. The van der Waals surface area contributed by atoms with Gasteiger partial charge in [-0.3, -0.25) is 4.79 Å². The van der Waals surface area contributed by atoms with Gasteiger partial charge in [-0.2, -0.15) is 10.1 Å². The van der Waals surface area contributed by atoms with Gasteiger partial charge in [0.15, 0.2) is 5.17 Å². The number of rotatable bonds is 4. The van der Waals surface area contributed by atoms with Gasteiger partial charge < -0.3 is 9.64 Å². The van der Waals surface area contributed by atoms with E-state index in [-0.39, 0.29) is 5.91 Å². The van der Waals surface area contributed by atoms with Crippen LogP contribution in [0.3, 0.4) is 0 Å². The van der Waals surface area contributed by atoms with E-state index in [2.05, 4.69) is 16.8 Å². The van der Waals surface area contributed by atoms with E-state index in [1.165, 1.54) is 11.8 Å². The highest BCUT2D eigenvalue weighted by molar-refractivity contribution is 8.18. The summed E-state index contributed by atoms with van der Waals surface area (Å²) in [5, 5.41) is 5.67. The molecule has 0 aliphatic carbocycles. The van der Waals surface area contributed by atoms with Gasteiger partial charge in [-0.15, -0.1) is 0 Å². The monoisotopic (exact) mass is 458 g/mol. The SMILES string of the molecule is COc1cccc(-c2nn(-c3ccccc3)cc2/C=C2\SC(N3CCC(C)CC3)=NC2=O)c1. The van der Waals surface area contributed by atoms with Crippen LogP contribution in [0.5, 0.6) is 5.75 Å². The number of amidine groups is 1. The molecule has 168 valence electrons. The zero-order chi connectivity index (χ0) is 22.8. The fraction of sp³-hybridized carbons (Fsp3) is 0.269. The number of methoxy groups -OCH3 is 1. The first-order valence-electron chi connectivity index (χ1n) is 11.2. The zero-order valence-corrected chi connectivity index (χ0v) is 19.6. The predicted octanol–water partition coefficient (Wildman–Crippen LogP) is 5.25. The number of benzene rings is 2. The minimum absolute atomic E-state index is 0.183. The second-order valence-corrected chi connectivity index (χ2v) is 9.43. The van der Waals surface area contributed by atoms with Crippen LogP contribution in [0.15, 0.2) is 70.7 Å². The third kappa shape index (κ3) is 4.59. The smallest absolute Gasteiger partial charge is 0.286 e. The number of carbonyl (C=O) groups excluding carboxylic acids is 1. The van der Waals surface area contributed by atoms with E-state index in [4.69, 9.17) is 9.84 Å². The lowest BCUT2D eigenvalue weighted by Gasteiger charge is -2.30. The quantitative estimate of drug-likeness (QED) is 0.500. The molecular formula is C26H26N4O2S. The van der Waals surface area contributed by atoms with Gasteiger partial charge in [0.05, 0.1) is 17.7 Å². The summed E-state index contributed by atoms with van der Waals surface area (Å²) in [5.74, 6) is 1.31. The van der Waals surface area contributed by atoms with Gasteiger partial charge in [0.25, 0.3) is 5.91 Å². The molecule has 0 atom stereocenters. The topological polar surface area (TPSA) is 59.7 Å². The van der Waals surface area contributed by atoms with Crippen molar-refractivity contribution in [3.05, 3.63) is 71.3 Å². The Balaban J connectivity index is 1.50. The van der Waals surface area contributed by atoms with Crippen LogP contribution in [0, 0.1) is 5.92 Å². The fourth-order valence-electron chi connectivity index (χ4n) is 4.07. The van der Waals surface area contributed by atoms with E-state index in [1.54, 1.807) is 7.11 Å². The molecule has 2 aliphatic heterocycles. The molecule has 7 heteroatoms. The van der Waals surface area contributed by atoms with E-state index in [9.17, 15) is 4.79 Å². The van der Waals surface area contributed by atoms with Crippen LogP contribution in [0.25, 0.3) is 23.0 Å². The molecule has 0 spiro atoms. The number of thioether (sulfide) groups is 1. The van der Waals surface area contributed by atoms with E-state index in [1.807, 2.05) is 71.6 Å². The lowest BCUT2D eigenvalue weighted by molar-refractivity contribution is -0.113. The molecule has 3 heterocycles. The van der Waals surface area contributed by atoms with Crippen molar-refractivity contribution in [3.8, 4) is 22.7 Å². The summed E-state index contributed by atoms with van der Waals surface area (Å²) >= 11 is 1.46.